The molecule has 232 valence electrons. The van der Waals surface area contributed by atoms with Crippen LogP contribution in [0.25, 0.3) is 77.6 Å². The molecule has 0 atom stereocenters. The Morgan fingerprint density at radius 3 is 1.61 bits per heavy atom. The molecule has 0 fully saturated rings. The predicted octanol–water partition coefficient (Wildman–Crippen LogP) is 13.2. The smallest absolute Gasteiger partial charge is 0.0535 e. The molecule has 0 spiro atoms. The minimum absolute atomic E-state index is 1.07. The van der Waals surface area contributed by atoms with Crippen LogP contribution in [-0.2, 0) is 0 Å². The lowest BCUT2D eigenvalue weighted by Crippen LogP contribution is -1.99. The molecule has 1 aliphatic rings. The third-order valence-corrected chi connectivity index (χ3v) is 9.90. The van der Waals surface area contributed by atoms with Gasteiger partial charge in [-0.15, -0.1) is 0 Å². The zero-order valence-electron chi connectivity index (χ0n) is 27.3. The molecule has 1 aromatic heterocycles. The maximum atomic E-state index is 2.42. The van der Waals surface area contributed by atoms with Crippen LogP contribution in [0.4, 0.5) is 0 Å². The van der Waals surface area contributed by atoms with Gasteiger partial charge in [0.25, 0.3) is 0 Å². The van der Waals surface area contributed by atoms with Crippen molar-refractivity contribution in [3.63, 3.8) is 0 Å². The molecule has 0 saturated heterocycles. The fourth-order valence-electron chi connectivity index (χ4n) is 7.43. The van der Waals surface area contributed by atoms with Crippen LogP contribution >= 0.6 is 0 Å². The van der Waals surface area contributed by atoms with E-state index in [1.807, 2.05) is 0 Å². The van der Waals surface area contributed by atoms with Gasteiger partial charge in [0.05, 0.1) is 11.4 Å². The highest BCUT2D eigenvalue weighted by Crippen LogP contribution is 2.39. The zero-order chi connectivity index (χ0) is 32.6. The van der Waals surface area contributed by atoms with E-state index in [9.17, 15) is 0 Å². The number of nitrogens with zero attached hydrogens (tertiary/aromatic N) is 1. The van der Waals surface area contributed by atoms with E-state index in [2.05, 4.69) is 193 Å². The second-order valence-corrected chi connectivity index (χ2v) is 12.9. The lowest BCUT2D eigenvalue weighted by Gasteiger charge is -2.17. The molecule has 0 aliphatic heterocycles. The summed E-state index contributed by atoms with van der Waals surface area (Å²) in [7, 11) is 0. The number of aromatic nitrogens is 1. The first-order valence-electron chi connectivity index (χ1n) is 17.2. The van der Waals surface area contributed by atoms with Gasteiger partial charge in [0, 0.05) is 5.69 Å². The number of allylic oxidation sites excluding steroid dienone is 4. The van der Waals surface area contributed by atoms with Crippen molar-refractivity contribution in [2.75, 3.05) is 0 Å². The first-order valence-corrected chi connectivity index (χ1v) is 17.2. The van der Waals surface area contributed by atoms with Crippen LogP contribution in [0.1, 0.15) is 18.4 Å². The lowest BCUT2D eigenvalue weighted by atomic mass is 9.87. The summed E-state index contributed by atoms with van der Waals surface area (Å²) in [5.74, 6) is 0. The van der Waals surface area contributed by atoms with Crippen LogP contribution in [-0.4, -0.2) is 4.57 Å². The van der Waals surface area contributed by atoms with Crippen molar-refractivity contribution in [1.82, 2.24) is 4.57 Å². The highest BCUT2D eigenvalue weighted by molar-refractivity contribution is 6.09. The highest BCUT2D eigenvalue weighted by atomic mass is 15.0. The van der Waals surface area contributed by atoms with E-state index >= 15 is 0 Å². The van der Waals surface area contributed by atoms with Gasteiger partial charge in [-0.1, -0.05) is 146 Å². The molecule has 49 heavy (non-hydrogen) atoms. The molecule has 7 aromatic carbocycles. The van der Waals surface area contributed by atoms with Gasteiger partial charge < -0.3 is 4.57 Å². The molecule has 0 bridgehead atoms. The predicted molar refractivity (Wildman–Crippen MR) is 209 cm³/mol. The molecule has 1 heteroatoms. The number of benzene rings is 7. The van der Waals surface area contributed by atoms with Gasteiger partial charge in [-0.2, -0.15) is 0 Å². The molecule has 1 nitrogen and oxygen atoms in total. The largest absolute Gasteiger partial charge is 0.309 e. The standard InChI is InChI=1S/C48H35N/c1-5-13-35(14-6-1)43-27-28-44(36-15-7-2-8-16-36)46-33-41-31-39(21-22-40(41)32-45(43)46)34-23-25-42(26-24-34)49-47(37-17-9-3-10-18-37)29-30-48(49)38-19-11-4-12-20-38/h1-7,9-15,17-33H,8,16H2. The van der Waals surface area contributed by atoms with Crippen molar-refractivity contribution in [1.29, 1.82) is 0 Å². The van der Waals surface area contributed by atoms with Crippen molar-refractivity contribution in [3.8, 4) is 50.5 Å². The third-order valence-electron chi connectivity index (χ3n) is 9.90. The Morgan fingerprint density at radius 2 is 0.980 bits per heavy atom. The van der Waals surface area contributed by atoms with E-state index in [0.29, 0.717) is 0 Å². The van der Waals surface area contributed by atoms with Crippen molar-refractivity contribution in [3.05, 3.63) is 194 Å². The fraction of sp³-hybridized carbons (Fsp3) is 0.0417. The van der Waals surface area contributed by atoms with Crippen LogP contribution in [0.3, 0.4) is 0 Å². The van der Waals surface area contributed by atoms with Crippen molar-refractivity contribution >= 4 is 27.1 Å². The maximum Gasteiger partial charge on any atom is 0.0535 e. The molecule has 0 saturated carbocycles. The van der Waals surface area contributed by atoms with E-state index in [1.165, 1.54) is 77.5 Å². The summed E-state index contributed by atoms with van der Waals surface area (Å²) >= 11 is 0. The topological polar surface area (TPSA) is 4.93 Å². The van der Waals surface area contributed by atoms with Crippen molar-refractivity contribution in [2.24, 2.45) is 0 Å². The average Bonchev–Trinajstić information content (AvgIpc) is 3.63. The number of rotatable bonds is 6. The summed E-state index contributed by atoms with van der Waals surface area (Å²) in [4.78, 5) is 0. The molecule has 1 heterocycles. The first-order chi connectivity index (χ1) is 24.3. The van der Waals surface area contributed by atoms with Crippen LogP contribution < -0.4 is 0 Å². The van der Waals surface area contributed by atoms with E-state index in [4.69, 9.17) is 0 Å². The van der Waals surface area contributed by atoms with Crippen LogP contribution in [0.15, 0.2) is 188 Å². The highest BCUT2D eigenvalue weighted by Gasteiger charge is 2.16. The molecular weight excluding hydrogens is 591 g/mol. The SMILES string of the molecule is C1=CCCC(c2ccc(-c3ccccc3)c3cc4ccc(-c5ccc(-n6c(-c7ccccc7)ccc6-c6ccccc6)cc5)cc4cc23)=C1. The molecule has 1 aliphatic carbocycles. The van der Waals surface area contributed by atoms with Gasteiger partial charge >= 0.3 is 0 Å². The Balaban J connectivity index is 1.15. The first kappa shape index (κ1) is 29.0. The van der Waals surface area contributed by atoms with Crippen molar-refractivity contribution < 1.29 is 0 Å². The van der Waals surface area contributed by atoms with Gasteiger partial charge in [0.1, 0.15) is 0 Å². The van der Waals surface area contributed by atoms with Crippen LogP contribution in [0, 0.1) is 0 Å². The van der Waals surface area contributed by atoms with E-state index in [-0.39, 0.29) is 0 Å². The quantitative estimate of drug-likeness (QED) is 0.162. The van der Waals surface area contributed by atoms with Gasteiger partial charge in [-0.3, -0.25) is 0 Å². The Morgan fingerprint density at radius 1 is 0.408 bits per heavy atom. The molecule has 0 amide bonds. The van der Waals surface area contributed by atoms with Gasteiger partial charge in [-0.25, -0.2) is 0 Å². The van der Waals surface area contributed by atoms with Gasteiger partial charge in [0.15, 0.2) is 0 Å². The summed E-state index contributed by atoms with van der Waals surface area (Å²) in [6, 6.07) is 62.0. The molecule has 9 rings (SSSR count). The van der Waals surface area contributed by atoms with E-state index in [0.717, 1.165) is 18.5 Å². The minimum Gasteiger partial charge on any atom is -0.309 e. The molecule has 0 radical (unpaired) electrons. The Bertz CT molecular complexity index is 2440. The molecule has 0 unspecified atom stereocenters. The molecule has 0 N–H and O–H groups in total. The minimum atomic E-state index is 1.07. The van der Waals surface area contributed by atoms with Crippen LogP contribution in [0.5, 0.6) is 0 Å². The van der Waals surface area contributed by atoms with E-state index in [1.54, 1.807) is 0 Å². The van der Waals surface area contributed by atoms with E-state index < -0.39 is 0 Å². The summed E-state index contributed by atoms with van der Waals surface area (Å²) in [5, 5.41) is 5.14. The maximum absolute atomic E-state index is 2.42. The summed E-state index contributed by atoms with van der Waals surface area (Å²) in [6.45, 7) is 0. The molecule has 8 aromatic rings. The Kier molecular flexibility index (Phi) is 7.37. The number of fused-ring (bicyclic) bond motifs is 2. The van der Waals surface area contributed by atoms with Crippen molar-refractivity contribution in [2.45, 2.75) is 12.8 Å². The normalized spacial score (nSPS) is 12.8. The Labute approximate surface area is 287 Å². The lowest BCUT2D eigenvalue weighted by molar-refractivity contribution is 1.06. The zero-order valence-corrected chi connectivity index (χ0v) is 27.3. The second kappa shape index (κ2) is 12.4. The third kappa shape index (κ3) is 5.40. The number of hydrogen-bond donors (Lipinski definition) is 0. The summed E-state index contributed by atoms with van der Waals surface area (Å²) in [6.07, 6.45) is 8.92. The fourth-order valence-corrected chi connectivity index (χ4v) is 7.43. The summed E-state index contributed by atoms with van der Waals surface area (Å²) in [5.41, 5.74) is 13.6. The van der Waals surface area contributed by atoms with Gasteiger partial charge in [-0.05, 0) is 121 Å². The summed E-state index contributed by atoms with van der Waals surface area (Å²) < 4.78 is 2.38. The second-order valence-electron chi connectivity index (χ2n) is 12.9. The monoisotopic (exact) mass is 625 g/mol. The van der Waals surface area contributed by atoms with Crippen LogP contribution in [0.2, 0.25) is 0 Å². The Hall–Kier alpha value is -6.18. The van der Waals surface area contributed by atoms with Gasteiger partial charge in [0.2, 0.25) is 0 Å². The number of hydrogen-bond acceptors (Lipinski definition) is 0. The molecular formula is C48H35N. The average molecular weight is 626 g/mol.